The molecule has 9 nitrogen and oxygen atoms in total. The average Bonchev–Trinajstić information content (AvgIpc) is 3.03. The molecule has 0 bridgehead atoms. The normalized spacial score (nSPS) is 22.6. The fraction of sp³-hybridized carbons (Fsp3) is 0.457. The van der Waals surface area contributed by atoms with Gasteiger partial charge >= 0.3 is 0 Å². The number of fused-ring (bicyclic) bond motifs is 1. The van der Waals surface area contributed by atoms with Gasteiger partial charge in [0.05, 0.1) is 38.0 Å². The Bertz CT molecular complexity index is 1500. The molecule has 44 heavy (non-hydrogen) atoms. The third-order valence-electron chi connectivity index (χ3n) is 9.78. The van der Waals surface area contributed by atoms with Crippen LogP contribution in [0.2, 0.25) is 0 Å². The van der Waals surface area contributed by atoms with E-state index in [-0.39, 0.29) is 30.0 Å². The summed E-state index contributed by atoms with van der Waals surface area (Å²) in [6.45, 7) is 5.28. The number of aryl methyl sites for hydroxylation is 1. The maximum atomic E-state index is 13.7. The van der Waals surface area contributed by atoms with Crippen LogP contribution in [0.4, 0.5) is 11.5 Å². The molecule has 6 rings (SSSR count). The van der Waals surface area contributed by atoms with Gasteiger partial charge in [0.15, 0.2) is 0 Å². The number of nitrogens with zero attached hydrogens (tertiary/aromatic N) is 5. The van der Waals surface area contributed by atoms with Gasteiger partial charge in [-0.2, -0.15) is 0 Å². The molecular formula is C35H43N5O4. The standard InChI is InChI=1S/C35H43N5O4/c1-23-17-30-26(18-31(23)44-4)19-33(42)40(35(30)25-7-12-29(41)13-8-25)28-11-14-32(36-20-28)38(3)21-24-5-9-27(10-6-24)39-16-15-37(2)34(43)22-39/h7-8,11-14,17-18,20,24,27,35,41H,5-6,9-10,15-16,19,21-22H2,1-4H3/t24?,27?,35-/m1/s1. The molecular weight excluding hydrogens is 554 g/mol. The summed E-state index contributed by atoms with van der Waals surface area (Å²) in [5, 5.41) is 9.96. The number of aromatic hydroxyl groups is 1. The number of aromatic nitrogens is 1. The van der Waals surface area contributed by atoms with Gasteiger partial charge < -0.3 is 19.6 Å². The van der Waals surface area contributed by atoms with E-state index < -0.39 is 0 Å². The summed E-state index contributed by atoms with van der Waals surface area (Å²) in [4.78, 5) is 39.0. The number of carbonyl (C=O) groups is 2. The van der Waals surface area contributed by atoms with E-state index in [9.17, 15) is 14.7 Å². The number of likely N-dealkylation sites (N-methyl/N-ethyl adjacent to an activating group) is 1. The zero-order valence-corrected chi connectivity index (χ0v) is 26.2. The van der Waals surface area contributed by atoms with Crippen molar-refractivity contribution in [3.8, 4) is 11.5 Å². The SMILES string of the molecule is COc1cc2c(cc1C)[C@@H](c1ccc(O)cc1)N(c1ccc(N(C)CC3CCC(N4CCN(C)C(=O)C4)CC3)nc1)C(=O)C2. The number of ether oxygens (including phenoxy) is 1. The van der Waals surface area contributed by atoms with Crippen molar-refractivity contribution in [2.24, 2.45) is 5.92 Å². The van der Waals surface area contributed by atoms with Gasteiger partial charge in [0, 0.05) is 39.8 Å². The van der Waals surface area contributed by atoms with Crippen LogP contribution in [0.1, 0.15) is 54.0 Å². The minimum absolute atomic E-state index is 0.0109. The van der Waals surface area contributed by atoms with E-state index in [0.29, 0.717) is 18.5 Å². The van der Waals surface area contributed by atoms with Gasteiger partial charge in [0.2, 0.25) is 11.8 Å². The molecule has 2 amide bonds. The number of pyridine rings is 1. The number of methoxy groups -OCH3 is 1. The summed E-state index contributed by atoms with van der Waals surface area (Å²) in [7, 11) is 5.63. The minimum Gasteiger partial charge on any atom is -0.508 e. The summed E-state index contributed by atoms with van der Waals surface area (Å²) < 4.78 is 5.56. The molecule has 1 atom stereocenters. The van der Waals surface area contributed by atoms with E-state index in [2.05, 4.69) is 22.9 Å². The Hall–Kier alpha value is -4.11. The first-order valence-electron chi connectivity index (χ1n) is 15.7. The Morgan fingerprint density at radius 2 is 1.75 bits per heavy atom. The number of amides is 2. The van der Waals surface area contributed by atoms with Crippen molar-refractivity contribution in [1.82, 2.24) is 14.8 Å². The molecule has 1 N–H and O–H groups in total. The highest BCUT2D eigenvalue weighted by atomic mass is 16.5. The summed E-state index contributed by atoms with van der Waals surface area (Å²) in [5.74, 6) is 2.64. The molecule has 1 aromatic heterocycles. The van der Waals surface area contributed by atoms with E-state index in [0.717, 1.165) is 84.8 Å². The quantitative estimate of drug-likeness (QED) is 0.428. The molecule has 9 heteroatoms. The van der Waals surface area contributed by atoms with Gasteiger partial charge in [-0.3, -0.25) is 19.4 Å². The lowest BCUT2D eigenvalue weighted by atomic mass is 9.84. The molecule has 3 aromatic rings. The molecule has 2 fully saturated rings. The van der Waals surface area contributed by atoms with Crippen LogP contribution < -0.4 is 14.5 Å². The van der Waals surface area contributed by atoms with Gasteiger partial charge in [-0.05, 0) is 97.2 Å². The number of piperazine rings is 1. The van der Waals surface area contributed by atoms with Crippen LogP contribution in [-0.4, -0.2) is 85.1 Å². The van der Waals surface area contributed by atoms with E-state index >= 15 is 0 Å². The zero-order chi connectivity index (χ0) is 31.0. The molecule has 0 spiro atoms. The first-order chi connectivity index (χ1) is 21.2. The van der Waals surface area contributed by atoms with Gasteiger partial charge in [-0.25, -0.2) is 4.98 Å². The molecule has 1 saturated carbocycles. The summed E-state index contributed by atoms with van der Waals surface area (Å²) >= 11 is 0. The zero-order valence-electron chi connectivity index (χ0n) is 26.2. The number of benzene rings is 2. The first-order valence-corrected chi connectivity index (χ1v) is 15.7. The van der Waals surface area contributed by atoms with Gasteiger partial charge in [0.25, 0.3) is 0 Å². The van der Waals surface area contributed by atoms with Crippen LogP contribution >= 0.6 is 0 Å². The first kappa shape index (κ1) is 29.9. The number of hydrogen-bond donors (Lipinski definition) is 1. The second kappa shape index (κ2) is 12.5. The van der Waals surface area contributed by atoms with Crippen molar-refractivity contribution in [2.75, 3.05) is 57.2 Å². The Morgan fingerprint density at radius 1 is 1.00 bits per heavy atom. The van der Waals surface area contributed by atoms with Crippen LogP contribution in [0.15, 0.2) is 54.7 Å². The van der Waals surface area contributed by atoms with E-state index in [1.807, 2.05) is 54.1 Å². The molecule has 0 radical (unpaired) electrons. The summed E-state index contributed by atoms with van der Waals surface area (Å²) in [5.41, 5.74) is 4.66. The average molecular weight is 598 g/mol. The molecule has 2 aromatic carbocycles. The third-order valence-corrected chi connectivity index (χ3v) is 9.78. The number of phenolic OH excluding ortho intramolecular Hbond substituents is 1. The Balaban J connectivity index is 1.17. The number of hydrogen-bond acceptors (Lipinski definition) is 7. The van der Waals surface area contributed by atoms with Crippen molar-refractivity contribution in [2.45, 2.75) is 51.1 Å². The largest absolute Gasteiger partial charge is 0.508 e. The van der Waals surface area contributed by atoms with Crippen LogP contribution in [0.5, 0.6) is 11.5 Å². The van der Waals surface area contributed by atoms with E-state index in [1.54, 1.807) is 25.4 Å². The Morgan fingerprint density at radius 3 is 2.41 bits per heavy atom. The topological polar surface area (TPSA) is 89.5 Å². The predicted octanol–water partition coefficient (Wildman–Crippen LogP) is 4.55. The van der Waals surface area contributed by atoms with Crippen molar-refractivity contribution in [1.29, 1.82) is 0 Å². The molecule has 3 aliphatic rings. The van der Waals surface area contributed by atoms with Crippen LogP contribution in [0.3, 0.4) is 0 Å². The van der Waals surface area contributed by atoms with Crippen molar-refractivity contribution in [3.05, 3.63) is 77.0 Å². The number of anilines is 2. The van der Waals surface area contributed by atoms with Crippen LogP contribution in [0, 0.1) is 12.8 Å². The fourth-order valence-corrected chi connectivity index (χ4v) is 7.20. The van der Waals surface area contributed by atoms with Gasteiger partial charge in [-0.15, -0.1) is 0 Å². The highest BCUT2D eigenvalue weighted by molar-refractivity contribution is 5.98. The highest BCUT2D eigenvalue weighted by Crippen LogP contribution is 2.41. The predicted molar refractivity (Wildman–Crippen MR) is 171 cm³/mol. The lowest BCUT2D eigenvalue weighted by Crippen LogP contribution is -2.53. The van der Waals surface area contributed by atoms with Gasteiger partial charge in [-0.1, -0.05) is 12.1 Å². The maximum Gasteiger partial charge on any atom is 0.236 e. The number of phenols is 1. The second-order valence-electron chi connectivity index (χ2n) is 12.7. The summed E-state index contributed by atoms with van der Waals surface area (Å²) in [6, 6.07) is 15.3. The minimum atomic E-state index is -0.354. The highest BCUT2D eigenvalue weighted by Gasteiger charge is 2.36. The smallest absolute Gasteiger partial charge is 0.236 e. The van der Waals surface area contributed by atoms with Crippen molar-refractivity contribution in [3.63, 3.8) is 0 Å². The second-order valence-corrected chi connectivity index (χ2v) is 12.7. The van der Waals surface area contributed by atoms with Crippen molar-refractivity contribution < 1.29 is 19.4 Å². The molecule has 0 unspecified atom stereocenters. The fourth-order valence-electron chi connectivity index (χ4n) is 7.20. The molecule has 3 heterocycles. The van der Waals surface area contributed by atoms with Crippen molar-refractivity contribution >= 4 is 23.3 Å². The number of carbonyl (C=O) groups excluding carboxylic acids is 2. The molecule has 1 aliphatic carbocycles. The molecule has 232 valence electrons. The maximum absolute atomic E-state index is 13.7. The lowest BCUT2D eigenvalue weighted by Gasteiger charge is -2.41. The molecule has 1 saturated heterocycles. The van der Waals surface area contributed by atoms with Crippen LogP contribution in [0.25, 0.3) is 0 Å². The summed E-state index contributed by atoms with van der Waals surface area (Å²) in [6.07, 6.45) is 6.63. The van der Waals surface area contributed by atoms with Crippen LogP contribution in [-0.2, 0) is 16.0 Å². The Labute approximate surface area is 260 Å². The number of rotatable bonds is 7. The van der Waals surface area contributed by atoms with Gasteiger partial charge in [0.1, 0.15) is 17.3 Å². The Kier molecular flexibility index (Phi) is 8.49. The third kappa shape index (κ3) is 5.98. The molecule has 2 aliphatic heterocycles. The lowest BCUT2D eigenvalue weighted by molar-refractivity contribution is -0.135. The van der Waals surface area contributed by atoms with E-state index in [4.69, 9.17) is 9.72 Å². The monoisotopic (exact) mass is 597 g/mol. The van der Waals surface area contributed by atoms with E-state index in [1.165, 1.54) is 0 Å².